The third kappa shape index (κ3) is 3.40. The van der Waals surface area contributed by atoms with Crippen molar-refractivity contribution in [2.75, 3.05) is 11.9 Å². The summed E-state index contributed by atoms with van der Waals surface area (Å²) in [5, 5.41) is 12.5. The van der Waals surface area contributed by atoms with E-state index in [0.717, 1.165) is 5.69 Å². The van der Waals surface area contributed by atoms with Crippen molar-refractivity contribution in [2.45, 2.75) is 13.0 Å². The Balaban J connectivity index is 2.61. The van der Waals surface area contributed by atoms with Crippen LogP contribution in [0.15, 0.2) is 30.4 Å². The van der Waals surface area contributed by atoms with Gasteiger partial charge >= 0.3 is 0 Å². The van der Waals surface area contributed by atoms with Gasteiger partial charge in [-0.1, -0.05) is 12.2 Å². The van der Waals surface area contributed by atoms with Crippen LogP contribution in [0.1, 0.15) is 17.3 Å². The third-order valence-electron chi connectivity index (χ3n) is 2.14. The second kappa shape index (κ2) is 5.92. The maximum absolute atomic E-state index is 10.5. The summed E-state index contributed by atoms with van der Waals surface area (Å²) >= 11 is 0. The number of benzene rings is 1. The molecule has 0 aliphatic heterocycles. The van der Waals surface area contributed by atoms with E-state index in [-0.39, 0.29) is 17.4 Å². The van der Waals surface area contributed by atoms with Crippen LogP contribution in [0, 0.1) is 0 Å². The molecule has 4 N–H and O–H groups in total. The van der Waals surface area contributed by atoms with Crippen molar-refractivity contribution < 1.29 is 9.90 Å². The van der Waals surface area contributed by atoms with Crippen LogP contribution in [0.4, 0.5) is 5.69 Å². The predicted molar refractivity (Wildman–Crippen MR) is 64.8 cm³/mol. The summed E-state index contributed by atoms with van der Waals surface area (Å²) in [6.07, 6.45) is 4.39. The van der Waals surface area contributed by atoms with Gasteiger partial charge in [0.25, 0.3) is 0 Å². The average Bonchev–Trinajstić information content (AvgIpc) is 2.27. The first kappa shape index (κ1) is 12.3. The molecule has 0 aliphatic rings. The fourth-order valence-electron chi connectivity index (χ4n) is 1.30. The zero-order chi connectivity index (χ0) is 12.0. The molecule has 1 unspecified atom stereocenters. The molecule has 0 amide bonds. The summed E-state index contributed by atoms with van der Waals surface area (Å²) in [6.45, 7) is 2.48. The second-order valence-electron chi connectivity index (χ2n) is 3.46. The number of phenols is 1. The molecule has 0 saturated heterocycles. The van der Waals surface area contributed by atoms with Gasteiger partial charge in [-0.3, -0.25) is 4.79 Å². The van der Waals surface area contributed by atoms with Gasteiger partial charge in [0.15, 0.2) is 6.29 Å². The van der Waals surface area contributed by atoms with Crippen molar-refractivity contribution in [1.82, 2.24) is 0 Å². The van der Waals surface area contributed by atoms with E-state index in [1.807, 2.05) is 19.1 Å². The number of anilines is 1. The van der Waals surface area contributed by atoms with Crippen LogP contribution in [-0.4, -0.2) is 24.0 Å². The Morgan fingerprint density at radius 2 is 2.31 bits per heavy atom. The number of carbonyl (C=O) groups is 1. The minimum atomic E-state index is -0.0714. The summed E-state index contributed by atoms with van der Waals surface area (Å²) in [5.74, 6) is -0.0281. The summed E-state index contributed by atoms with van der Waals surface area (Å²) in [5.41, 5.74) is 6.78. The highest BCUT2D eigenvalue weighted by molar-refractivity contribution is 5.80. The van der Waals surface area contributed by atoms with Gasteiger partial charge < -0.3 is 16.2 Å². The smallest absolute Gasteiger partial charge is 0.153 e. The number of aldehydes is 1. The number of carbonyl (C=O) groups excluding carboxylic acids is 1. The molecule has 86 valence electrons. The molecule has 4 heteroatoms. The van der Waals surface area contributed by atoms with Crippen LogP contribution in [0.2, 0.25) is 0 Å². The van der Waals surface area contributed by atoms with Gasteiger partial charge in [-0.25, -0.2) is 0 Å². The maximum Gasteiger partial charge on any atom is 0.153 e. The first-order valence-corrected chi connectivity index (χ1v) is 5.08. The second-order valence-corrected chi connectivity index (χ2v) is 3.46. The molecule has 1 aromatic rings. The van der Waals surface area contributed by atoms with E-state index in [0.29, 0.717) is 12.8 Å². The predicted octanol–water partition coefficient (Wildman–Crippen LogP) is 1.52. The summed E-state index contributed by atoms with van der Waals surface area (Å²) in [7, 11) is 0. The summed E-state index contributed by atoms with van der Waals surface area (Å²) < 4.78 is 0. The highest BCUT2D eigenvalue weighted by atomic mass is 16.3. The van der Waals surface area contributed by atoms with Crippen LogP contribution in [-0.2, 0) is 0 Å². The molecule has 0 aromatic heterocycles. The number of nitrogens with one attached hydrogen (secondary N) is 1. The fraction of sp³-hybridized carbons (Fsp3) is 0.250. The average molecular weight is 220 g/mol. The number of allylic oxidation sites excluding steroid dienone is 1. The van der Waals surface area contributed by atoms with Gasteiger partial charge in [0.05, 0.1) is 5.56 Å². The molecule has 0 heterocycles. The van der Waals surface area contributed by atoms with Gasteiger partial charge in [0.2, 0.25) is 0 Å². The van der Waals surface area contributed by atoms with Crippen LogP contribution >= 0.6 is 0 Å². The van der Waals surface area contributed by atoms with Gasteiger partial charge in [0, 0.05) is 24.3 Å². The first-order chi connectivity index (χ1) is 7.67. The monoisotopic (exact) mass is 220 g/mol. The molecule has 4 nitrogen and oxygen atoms in total. The molecule has 1 rings (SSSR count). The van der Waals surface area contributed by atoms with E-state index < -0.39 is 0 Å². The number of nitrogens with two attached hydrogens (primary N) is 1. The zero-order valence-electron chi connectivity index (χ0n) is 9.18. The van der Waals surface area contributed by atoms with Crippen molar-refractivity contribution in [3.8, 4) is 5.75 Å². The topological polar surface area (TPSA) is 75.3 Å². The van der Waals surface area contributed by atoms with Gasteiger partial charge in [-0.05, 0) is 19.1 Å². The first-order valence-electron chi connectivity index (χ1n) is 5.08. The minimum Gasteiger partial charge on any atom is -0.507 e. The summed E-state index contributed by atoms with van der Waals surface area (Å²) in [6, 6.07) is 4.72. The third-order valence-corrected chi connectivity index (χ3v) is 2.14. The SMILES string of the molecule is CC=CC(N)CNc1ccc(C=O)c(O)c1. The zero-order valence-corrected chi connectivity index (χ0v) is 9.18. The summed E-state index contributed by atoms with van der Waals surface area (Å²) in [4.78, 5) is 10.5. The van der Waals surface area contributed by atoms with Crippen molar-refractivity contribution in [3.05, 3.63) is 35.9 Å². The highest BCUT2D eigenvalue weighted by Crippen LogP contribution is 2.20. The van der Waals surface area contributed by atoms with Gasteiger partial charge in [-0.15, -0.1) is 0 Å². The molecule has 16 heavy (non-hydrogen) atoms. The van der Waals surface area contributed by atoms with Crippen LogP contribution in [0.3, 0.4) is 0 Å². The number of hydrogen-bond donors (Lipinski definition) is 3. The van der Waals surface area contributed by atoms with Crippen molar-refractivity contribution >= 4 is 12.0 Å². The fourth-order valence-corrected chi connectivity index (χ4v) is 1.30. The van der Waals surface area contributed by atoms with Crippen LogP contribution in [0.5, 0.6) is 5.75 Å². The number of phenolic OH excluding ortho intramolecular Hbond substituents is 1. The van der Waals surface area contributed by atoms with Crippen molar-refractivity contribution in [2.24, 2.45) is 5.73 Å². The molecule has 0 aliphatic carbocycles. The molecule has 1 atom stereocenters. The Morgan fingerprint density at radius 3 is 2.88 bits per heavy atom. The quantitative estimate of drug-likeness (QED) is 0.519. The molecule has 0 spiro atoms. The van der Waals surface area contributed by atoms with E-state index in [1.54, 1.807) is 12.1 Å². The number of hydrogen-bond acceptors (Lipinski definition) is 4. The van der Waals surface area contributed by atoms with Crippen molar-refractivity contribution in [1.29, 1.82) is 0 Å². The van der Waals surface area contributed by atoms with Crippen LogP contribution < -0.4 is 11.1 Å². The molecule has 0 radical (unpaired) electrons. The Morgan fingerprint density at radius 1 is 1.56 bits per heavy atom. The Bertz CT molecular complexity index is 389. The maximum atomic E-state index is 10.5. The standard InChI is InChI=1S/C12H16N2O2/c1-2-3-10(13)7-14-11-5-4-9(8-15)12(16)6-11/h2-6,8,10,14,16H,7,13H2,1H3. The Kier molecular flexibility index (Phi) is 4.54. The highest BCUT2D eigenvalue weighted by Gasteiger charge is 2.02. The minimum absolute atomic E-state index is 0.0281. The lowest BCUT2D eigenvalue weighted by molar-refractivity contribution is 0.112. The lowest BCUT2D eigenvalue weighted by Crippen LogP contribution is -2.26. The normalized spacial score (nSPS) is 12.6. The van der Waals surface area contributed by atoms with E-state index in [9.17, 15) is 9.90 Å². The lowest BCUT2D eigenvalue weighted by atomic mass is 10.2. The number of aromatic hydroxyl groups is 1. The van der Waals surface area contributed by atoms with Crippen LogP contribution in [0.25, 0.3) is 0 Å². The largest absolute Gasteiger partial charge is 0.507 e. The van der Waals surface area contributed by atoms with Gasteiger partial charge in [0.1, 0.15) is 5.75 Å². The molecule has 0 bridgehead atoms. The van der Waals surface area contributed by atoms with E-state index >= 15 is 0 Å². The lowest BCUT2D eigenvalue weighted by Gasteiger charge is -2.10. The molecular formula is C12H16N2O2. The molecule has 0 saturated carbocycles. The van der Waals surface area contributed by atoms with E-state index in [2.05, 4.69) is 5.32 Å². The Labute approximate surface area is 94.8 Å². The van der Waals surface area contributed by atoms with Gasteiger partial charge in [-0.2, -0.15) is 0 Å². The van der Waals surface area contributed by atoms with E-state index in [1.165, 1.54) is 6.07 Å². The Hall–Kier alpha value is -1.81. The molecule has 1 aromatic carbocycles. The molecular weight excluding hydrogens is 204 g/mol. The molecule has 0 fully saturated rings. The number of rotatable bonds is 5. The van der Waals surface area contributed by atoms with Crippen molar-refractivity contribution in [3.63, 3.8) is 0 Å². The van der Waals surface area contributed by atoms with E-state index in [4.69, 9.17) is 5.73 Å².